The summed E-state index contributed by atoms with van der Waals surface area (Å²) >= 11 is 1.68. The minimum atomic E-state index is 0.861. The normalized spacial score (nSPS) is 11.6. The Morgan fingerprint density at radius 1 is 1.00 bits per heavy atom. The van der Waals surface area contributed by atoms with Crippen LogP contribution >= 0.6 is 11.3 Å². The third-order valence-corrected chi connectivity index (χ3v) is 5.76. The molecule has 140 valence electrons. The lowest BCUT2D eigenvalue weighted by Gasteiger charge is -1.98. The summed E-state index contributed by atoms with van der Waals surface area (Å²) in [6.07, 6.45) is 9.35. The third-order valence-electron chi connectivity index (χ3n) is 5.08. The van der Waals surface area contributed by atoms with Gasteiger partial charge >= 0.3 is 0 Å². The second-order valence-corrected chi connectivity index (χ2v) is 7.71. The van der Waals surface area contributed by atoms with Crippen molar-refractivity contribution in [1.29, 1.82) is 0 Å². The Balaban J connectivity index is 1.53. The maximum absolute atomic E-state index is 4.56. The number of hydrogen-bond acceptors (Lipinski definition) is 5. The van der Waals surface area contributed by atoms with E-state index >= 15 is 0 Å². The zero-order valence-electron chi connectivity index (χ0n) is 15.4. The van der Waals surface area contributed by atoms with E-state index < -0.39 is 0 Å². The Kier molecular flexibility index (Phi) is 3.41. The highest BCUT2D eigenvalue weighted by atomic mass is 32.1. The number of H-pyrrole nitrogens is 2. The highest BCUT2D eigenvalue weighted by Crippen LogP contribution is 2.34. The monoisotopic (exact) mass is 397 g/mol. The van der Waals surface area contributed by atoms with E-state index in [-0.39, 0.29) is 0 Å². The molecule has 6 aromatic heterocycles. The number of aromatic nitrogens is 7. The minimum Gasteiger partial charge on any atom is -0.352 e. The van der Waals surface area contributed by atoms with Crippen molar-refractivity contribution in [3.63, 3.8) is 0 Å². The summed E-state index contributed by atoms with van der Waals surface area (Å²) in [5, 5.41) is 18.3. The van der Waals surface area contributed by atoms with Crippen molar-refractivity contribution >= 4 is 33.1 Å². The largest absolute Gasteiger partial charge is 0.352 e. The molecule has 6 rings (SSSR count). The first-order chi connectivity index (χ1) is 14.3. The molecule has 0 saturated carbocycles. The van der Waals surface area contributed by atoms with Crippen molar-refractivity contribution in [2.45, 2.75) is 0 Å². The summed E-state index contributed by atoms with van der Waals surface area (Å²) in [4.78, 5) is 12.4. The quantitative estimate of drug-likeness (QED) is 0.456. The fourth-order valence-corrected chi connectivity index (χ4v) is 4.32. The van der Waals surface area contributed by atoms with E-state index in [0.29, 0.717) is 0 Å². The summed E-state index contributed by atoms with van der Waals surface area (Å²) in [6, 6.07) is 6.31. The Bertz CT molecular complexity index is 1470. The van der Waals surface area contributed by atoms with Gasteiger partial charge in [-0.05, 0) is 34.5 Å². The van der Waals surface area contributed by atoms with Gasteiger partial charge in [0, 0.05) is 41.3 Å². The number of nitrogens with zero attached hydrogens (tertiary/aromatic N) is 5. The van der Waals surface area contributed by atoms with E-state index in [1.54, 1.807) is 16.0 Å². The van der Waals surface area contributed by atoms with Crippen LogP contribution in [0.25, 0.3) is 55.6 Å². The van der Waals surface area contributed by atoms with E-state index in [0.717, 1.165) is 50.0 Å². The molecule has 0 atom stereocenters. The van der Waals surface area contributed by atoms with Gasteiger partial charge in [-0.1, -0.05) is 0 Å². The molecule has 6 aromatic rings. The van der Waals surface area contributed by atoms with Gasteiger partial charge < -0.3 is 4.98 Å². The van der Waals surface area contributed by atoms with Gasteiger partial charge in [-0.2, -0.15) is 21.5 Å². The summed E-state index contributed by atoms with van der Waals surface area (Å²) in [7, 11) is 1.90. The third kappa shape index (κ3) is 2.57. The highest BCUT2D eigenvalue weighted by Gasteiger charge is 2.15. The number of aryl methyl sites for hydroxylation is 1. The van der Waals surface area contributed by atoms with E-state index in [9.17, 15) is 0 Å². The highest BCUT2D eigenvalue weighted by molar-refractivity contribution is 7.08. The average Bonchev–Trinajstić information content (AvgIpc) is 3.51. The number of fused-ring (bicyclic) bond motifs is 2. The predicted molar refractivity (Wildman–Crippen MR) is 114 cm³/mol. The van der Waals surface area contributed by atoms with Crippen molar-refractivity contribution in [3.8, 4) is 33.8 Å². The van der Waals surface area contributed by atoms with Crippen LogP contribution in [0.4, 0.5) is 0 Å². The maximum Gasteiger partial charge on any atom is 0.116 e. The molecule has 0 aliphatic carbocycles. The van der Waals surface area contributed by atoms with Crippen LogP contribution in [0.1, 0.15) is 0 Å². The smallest absolute Gasteiger partial charge is 0.116 e. The van der Waals surface area contributed by atoms with Crippen molar-refractivity contribution < 1.29 is 0 Å². The molecule has 0 fully saturated rings. The fraction of sp³-hybridized carbons (Fsp3) is 0.0476. The van der Waals surface area contributed by atoms with E-state index in [4.69, 9.17) is 0 Å². The van der Waals surface area contributed by atoms with Crippen LogP contribution in [-0.2, 0) is 7.05 Å². The van der Waals surface area contributed by atoms with E-state index in [2.05, 4.69) is 59.2 Å². The molecule has 0 saturated heterocycles. The maximum atomic E-state index is 4.56. The second-order valence-electron chi connectivity index (χ2n) is 6.93. The van der Waals surface area contributed by atoms with Gasteiger partial charge in [0.25, 0.3) is 0 Å². The SMILES string of the molecule is Cn1cc(-c2cc3c(-c4cc5c(-c6ccsc6)cncc5[nH]4)n[nH]c3cn2)cn1. The Labute approximate surface area is 169 Å². The molecule has 0 aromatic carbocycles. The summed E-state index contributed by atoms with van der Waals surface area (Å²) < 4.78 is 1.77. The van der Waals surface area contributed by atoms with Crippen LogP contribution in [0.15, 0.2) is 59.9 Å². The van der Waals surface area contributed by atoms with Crippen LogP contribution in [-0.4, -0.2) is 34.9 Å². The number of pyridine rings is 2. The topological polar surface area (TPSA) is 88.1 Å². The zero-order chi connectivity index (χ0) is 19.4. The summed E-state index contributed by atoms with van der Waals surface area (Å²) in [5.41, 5.74) is 7.81. The average molecular weight is 397 g/mol. The Morgan fingerprint density at radius 2 is 1.97 bits per heavy atom. The van der Waals surface area contributed by atoms with Gasteiger partial charge in [-0.3, -0.25) is 19.7 Å². The molecule has 0 aliphatic heterocycles. The second kappa shape index (κ2) is 6.11. The molecular weight excluding hydrogens is 382 g/mol. The number of nitrogens with one attached hydrogen (secondary N) is 2. The molecule has 2 N–H and O–H groups in total. The first kappa shape index (κ1) is 16.2. The van der Waals surface area contributed by atoms with Crippen molar-refractivity contribution in [2.24, 2.45) is 7.05 Å². The van der Waals surface area contributed by atoms with Gasteiger partial charge in [-0.15, -0.1) is 0 Å². The molecule has 7 nitrogen and oxygen atoms in total. The van der Waals surface area contributed by atoms with Crippen LogP contribution in [0.2, 0.25) is 0 Å². The van der Waals surface area contributed by atoms with Gasteiger partial charge in [0.1, 0.15) is 5.69 Å². The number of hydrogen-bond donors (Lipinski definition) is 2. The van der Waals surface area contributed by atoms with Crippen LogP contribution in [0.3, 0.4) is 0 Å². The lowest BCUT2D eigenvalue weighted by Crippen LogP contribution is -1.85. The molecule has 29 heavy (non-hydrogen) atoms. The molecule has 0 radical (unpaired) electrons. The van der Waals surface area contributed by atoms with Gasteiger partial charge in [0.05, 0.1) is 41.0 Å². The molecule has 0 unspecified atom stereocenters. The molecule has 8 heteroatoms. The zero-order valence-corrected chi connectivity index (χ0v) is 16.2. The fourth-order valence-electron chi connectivity index (χ4n) is 3.66. The summed E-state index contributed by atoms with van der Waals surface area (Å²) in [5.74, 6) is 0. The van der Waals surface area contributed by atoms with Gasteiger partial charge in [0.15, 0.2) is 0 Å². The minimum absolute atomic E-state index is 0.861. The van der Waals surface area contributed by atoms with Crippen molar-refractivity contribution in [1.82, 2.24) is 34.9 Å². The van der Waals surface area contributed by atoms with Gasteiger partial charge in [0.2, 0.25) is 0 Å². The van der Waals surface area contributed by atoms with E-state index in [1.807, 2.05) is 38.0 Å². The standard InChI is InChI=1S/C21H15N7S/c1-28-10-13(6-24-28)17-5-15-20(9-23-17)26-27-21(15)18-4-14-16(12-2-3-29-11-12)7-22-8-19(14)25-18/h2-11,25H,1H3,(H,26,27). The Hall–Kier alpha value is -3.78. The van der Waals surface area contributed by atoms with Gasteiger partial charge in [-0.25, -0.2) is 0 Å². The lowest BCUT2D eigenvalue weighted by atomic mass is 10.1. The number of thiophene rings is 1. The molecule has 6 heterocycles. The van der Waals surface area contributed by atoms with E-state index in [1.165, 1.54) is 5.56 Å². The number of aromatic amines is 2. The molecule has 0 spiro atoms. The summed E-state index contributed by atoms with van der Waals surface area (Å²) in [6.45, 7) is 0. The first-order valence-corrected chi connectivity index (χ1v) is 10.0. The number of rotatable bonds is 3. The molecule has 0 bridgehead atoms. The van der Waals surface area contributed by atoms with Crippen LogP contribution in [0, 0.1) is 0 Å². The molecule has 0 amide bonds. The molecular formula is C21H15N7S. The lowest BCUT2D eigenvalue weighted by molar-refractivity contribution is 0.768. The Morgan fingerprint density at radius 3 is 2.79 bits per heavy atom. The predicted octanol–water partition coefficient (Wildman–Crippen LogP) is 4.63. The van der Waals surface area contributed by atoms with Crippen molar-refractivity contribution in [3.05, 3.63) is 59.9 Å². The van der Waals surface area contributed by atoms with Crippen LogP contribution < -0.4 is 0 Å². The van der Waals surface area contributed by atoms with Crippen LogP contribution in [0.5, 0.6) is 0 Å². The first-order valence-electron chi connectivity index (χ1n) is 9.09. The van der Waals surface area contributed by atoms with Crippen molar-refractivity contribution in [2.75, 3.05) is 0 Å². The molecule has 0 aliphatic rings.